The smallest absolute Gasteiger partial charge is 0.226 e. The predicted octanol–water partition coefficient (Wildman–Crippen LogP) is 0.623. The molecule has 0 aromatic rings. The topological polar surface area (TPSA) is 41.6 Å². The van der Waals surface area contributed by atoms with E-state index in [0.717, 1.165) is 51.9 Å². The number of piperidine rings is 1. The van der Waals surface area contributed by atoms with Gasteiger partial charge in [-0.3, -0.25) is 4.79 Å². The Kier molecular flexibility index (Phi) is 4.18. The third-order valence-electron chi connectivity index (χ3n) is 3.52. The van der Waals surface area contributed by atoms with E-state index >= 15 is 0 Å². The van der Waals surface area contributed by atoms with E-state index < -0.39 is 0 Å². The highest BCUT2D eigenvalue weighted by Gasteiger charge is 2.26. The first kappa shape index (κ1) is 11.9. The normalized spacial score (nSPS) is 30.3. The Morgan fingerprint density at radius 2 is 2.31 bits per heavy atom. The van der Waals surface area contributed by atoms with Crippen LogP contribution in [0.15, 0.2) is 0 Å². The van der Waals surface area contributed by atoms with Gasteiger partial charge in [0.1, 0.15) is 0 Å². The fourth-order valence-electron chi connectivity index (χ4n) is 2.56. The molecule has 1 N–H and O–H groups in total. The lowest BCUT2D eigenvalue weighted by Crippen LogP contribution is -2.43. The average molecular weight is 226 g/mol. The quantitative estimate of drug-likeness (QED) is 0.767. The molecule has 0 aliphatic carbocycles. The monoisotopic (exact) mass is 226 g/mol. The first-order chi connectivity index (χ1) is 7.77. The fraction of sp³-hybridized carbons (Fsp3) is 0.917. The van der Waals surface area contributed by atoms with Gasteiger partial charge in [0, 0.05) is 26.7 Å². The van der Waals surface area contributed by atoms with Crippen molar-refractivity contribution in [3.63, 3.8) is 0 Å². The first-order valence-electron chi connectivity index (χ1n) is 6.34. The molecule has 16 heavy (non-hydrogen) atoms. The summed E-state index contributed by atoms with van der Waals surface area (Å²) < 4.78 is 5.55. The first-order valence-corrected chi connectivity index (χ1v) is 6.34. The van der Waals surface area contributed by atoms with Gasteiger partial charge in [0.05, 0.1) is 12.0 Å². The molecule has 0 bridgehead atoms. The molecule has 0 radical (unpaired) electrons. The van der Waals surface area contributed by atoms with Crippen LogP contribution >= 0.6 is 0 Å². The highest BCUT2D eigenvalue weighted by atomic mass is 16.5. The van der Waals surface area contributed by atoms with Crippen LogP contribution in [0.3, 0.4) is 0 Å². The van der Waals surface area contributed by atoms with Gasteiger partial charge < -0.3 is 15.0 Å². The van der Waals surface area contributed by atoms with Crippen LogP contribution in [-0.2, 0) is 9.53 Å². The number of hydrogen-bond acceptors (Lipinski definition) is 3. The van der Waals surface area contributed by atoms with Crippen molar-refractivity contribution in [2.45, 2.75) is 31.8 Å². The van der Waals surface area contributed by atoms with Gasteiger partial charge in [-0.25, -0.2) is 0 Å². The molecule has 0 aromatic heterocycles. The van der Waals surface area contributed by atoms with E-state index in [9.17, 15) is 4.79 Å². The Labute approximate surface area is 97.3 Å². The lowest BCUT2D eigenvalue weighted by molar-refractivity contribution is -0.136. The van der Waals surface area contributed by atoms with Crippen molar-refractivity contribution in [2.75, 3.05) is 33.3 Å². The van der Waals surface area contributed by atoms with E-state index in [2.05, 4.69) is 5.32 Å². The Hall–Kier alpha value is -0.610. The van der Waals surface area contributed by atoms with Crippen molar-refractivity contribution >= 4 is 5.91 Å². The van der Waals surface area contributed by atoms with Crippen LogP contribution in [0.5, 0.6) is 0 Å². The van der Waals surface area contributed by atoms with Gasteiger partial charge in [-0.05, 0) is 32.2 Å². The van der Waals surface area contributed by atoms with Crippen molar-refractivity contribution < 1.29 is 9.53 Å². The summed E-state index contributed by atoms with van der Waals surface area (Å²) in [7, 11) is 1.90. The number of nitrogens with one attached hydrogen (secondary N) is 1. The molecule has 0 spiro atoms. The molecule has 2 aliphatic rings. The number of amides is 1. The van der Waals surface area contributed by atoms with Crippen LogP contribution in [0.25, 0.3) is 0 Å². The third kappa shape index (κ3) is 2.95. The SMILES string of the molecule is CN(CC1CCCO1)C(=O)[C@@H]1CCCNC1. The summed E-state index contributed by atoms with van der Waals surface area (Å²) in [6, 6.07) is 0. The number of likely N-dealkylation sites (N-methyl/N-ethyl adjacent to an activating group) is 1. The van der Waals surface area contributed by atoms with Crippen molar-refractivity contribution in [3.8, 4) is 0 Å². The zero-order chi connectivity index (χ0) is 11.4. The Morgan fingerprint density at radius 3 is 2.94 bits per heavy atom. The summed E-state index contributed by atoms with van der Waals surface area (Å²) in [4.78, 5) is 14.0. The molecule has 2 fully saturated rings. The van der Waals surface area contributed by atoms with Crippen LogP contribution in [0.2, 0.25) is 0 Å². The molecule has 4 nitrogen and oxygen atoms in total. The molecule has 2 aliphatic heterocycles. The average Bonchev–Trinajstić information content (AvgIpc) is 2.82. The molecule has 2 atom stereocenters. The van der Waals surface area contributed by atoms with Crippen molar-refractivity contribution in [1.82, 2.24) is 10.2 Å². The van der Waals surface area contributed by atoms with E-state index in [0.29, 0.717) is 0 Å². The molecule has 0 aromatic carbocycles. The van der Waals surface area contributed by atoms with Gasteiger partial charge in [0.25, 0.3) is 0 Å². The van der Waals surface area contributed by atoms with Gasteiger partial charge >= 0.3 is 0 Å². The van der Waals surface area contributed by atoms with E-state index in [-0.39, 0.29) is 17.9 Å². The van der Waals surface area contributed by atoms with E-state index in [1.807, 2.05) is 11.9 Å². The molecule has 1 amide bonds. The standard InChI is InChI=1S/C12H22N2O2/c1-14(9-11-5-3-7-16-11)12(15)10-4-2-6-13-8-10/h10-11,13H,2-9H2,1H3/t10-,11?/m1/s1. The van der Waals surface area contributed by atoms with Gasteiger partial charge in [0.2, 0.25) is 5.91 Å². The number of ether oxygens (including phenoxy) is 1. The number of carbonyl (C=O) groups excluding carboxylic acids is 1. The summed E-state index contributed by atoms with van der Waals surface area (Å²) >= 11 is 0. The zero-order valence-electron chi connectivity index (χ0n) is 10.1. The minimum Gasteiger partial charge on any atom is -0.376 e. The van der Waals surface area contributed by atoms with Gasteiger partial charge in [-0.15, -0.1) is 0 Å². The van der Waals surface area contributed by atoms with Crippen LogP contribution in [-0.4, -0.2) is 50.2 Å². The summed E-state index contributed by atoms with van der Waals surface area (Å²) in [5.74, 6) is 0.461. The van der Waals surface area contributed by atoms with Gasteiger partial charge in [-0.1, -0.05) is 0 Å². The summed E-state index contributed by atoms with van der Waals surface area (Å²) in [6.07, 6.45) is 4.65. The summed E-state index contributed by atoms with van der Waals surface area (Å²) in [5.41, 5.74) is 0. The number of rotatable bonds is 3. The van der Waals surface area contributed by atoms with E-state index in [1.54, 1.807) is 0 Å². The molecule has 92 valence electrons. The van der Waals surface area contributed by atoms with Crippen molar-refractivity contribution in [1.29, 1.82) is 0 Å². The molecule has 4 heteroatoms. The second-order valence-corrected chi connectivity index (χ2v) is 4.90. The lowest BCUT2D eigenvalue weighted by Gasteiger charge is -2.28. The van der Waals surface area contributed by atoms with E-state index in [1.165, 1.54) is 0 Å². The van der Waals surface area contributed by atoms with Crippen LogP contribution < -0.4 is 5.32 Å². The van der Waals surface area contributed by atoms with Gasteiger partial charge in [0.15, 0.2) is 0 Å². The van der Waals surface area contributed by atoms with Crippen molar-refractivity contribution in [2.24, 2.45) is 5.92 Å². The predicted molar refractivity (Wildman–Crippen MR) is 62.2 cm³/mol. The zero-order valence-corrected chi connectivity index (χ0v) is 10.1. The number of carbonyl (C=O) groups is 1. The highest BCUT2D eigenvalue weighted by molar-refractivity contribution is 5.78. The molecular formula is C12H22N2O2. The largest absolute Gasteiger partial charge is 0.376 e. The third-order valence-corrected chi connectivity index (χ3v) is 3.52. The molecule has 1 unspecified atom stereocenters. The number of hydrogen-bond donors (Lipinski definition) is 1. The van der Waals surface area contributed by atoms with Crippen LogP contribution in [0, 0.1) is 5.92 Å². The maximum Gasteiger partial charge on any atom is 0.226 e. The Bertz CT molecular complexity index is 233. The lowest BCUT2D eigenvalue weighted by atomic mass is 9.98. The maximum absolute atomic E-state index is 12.1. The number of nitrogens with zero attached hydrogens (tertiary/aromatic N) is 1. The minimum absolute atomic E-state index is 0.181. The molecule has 2 saturated heterocycles. The Morgan fingerprint density at radius 1 is 1.44 bits per heavy atom. The van der Waals surface area contributed by atoms with Crippen molar-refractivity contribution in [3.05, 3.63) is 0 Å². The molecule has 2 heterocycles. The maximum atomic E-state index is 12.1. The Balaban J connectivity index is 1.78. The van der Waals surface area contributed by atoms with Crippen LogP contribution in [0.1, 0.15) is 25.7 Å². The summed E-state index contributed by atoms with van der Waals surface area (Å²) in [6.45, 7) is 3.51. The molecule has 0 saturated carbocycles. The highest BCUT2D eigenvalue weighted by Crippen LogP contribution is 2.16. The summed E-state index contributed by atoms with van der Waals surface area (Å²) in [5, 5.41) is 3.29. The van der Waals surface area contributed by atoms with Gasteiger partial charge in [-0.2, -0.15) is 0 Å². The van der Waals surface area contributed by atoms with Crippen LogP contribution in [0.4, 0.5) is 0 Å². The second kappa shape index (κ2) is 5.64. The molecular weight excluding hydrogens is 204 g/mol. The minimum atomic E-state index is 0.181. The fourth-order valence-corrected chi connectivity index (χ4v) is 2.56. The molecule has 2 rings (SSSR count). The van der Waals surface area contributed by atoms with E-state index in [4.69, 9.17) is 4.74 Å². The second-order valence-electron chi connectivity index (χ2n) is 4.90.